The summed E-state index contributed by atoms with van der Waals surface area (Å²) in [5.41, 5.74) is -1.30. The van der Waals surface area contributed by atoms with Crippen LogP contribution in [-0.2, 0) is 23.9 Å². The highest BCUT2D eigenvalue weighted by atomic mass is 16.6. The van der Waals surface area contributed by atoms with Crippen molar-refractivity contribution in [3.63, 3.8) is 0 Å². The zero-order chi connectivity index (χ0) is 15.0. The van der Waals surface area contributed by atoms with Gasteiger partial charge in [0.2, 0.25) is 0 Å². The van der Waals surface area contributed by atoms with Gasteiger partial charge in [-0.25, -0.2) is 0 Å². The molecule has 1 fully saturated rings. The molecule has 114 valence electrons. The molecule has 0 aromatic rings. The topological polar surface area (TPSA) is 89.9 Å². The number of aliphatic hydroxyl groups is 1. The van der Waals surface area contributed by atoms with Crippen molar-refractivity contribution >= 4 is 17.7 Å². The number of esters is 2. The number of carbonyl (C=O) groups excluding carboxylic acids is 3. The normalized spacial score (nSPS) is 21.6. The molecule has 0 aromatic carbocycles. The minimum Gasteiger partial charge on any atom is -0.469 e. The largest absolute Gasteiger partial charge is 0.469 e. The van der Waals surface area contributed by atoms with Crippen LogP contribution < -0.4 is 0 Å². The van der Waals surface area contributed by atoms with E-state index in [0.29, 0.717) is 12.8 Å². The second kappa shape index (κ2) is 7.99. The Kier molecular flexibility index (Phi) is 6.64. The Morgan fingerprint density at radius 1 is 1.25 bits per heavy atom. The highest BCUT2D eigenvalue weighted by Crippen LogP contribution is 2.29. The van der Waals surface area contributed by atoms with Crippen molar-refractivity contribution in [1.82, 2.24) is 0 Å². The standard InChI is InChI=1S/C14H22O6/c1-19-12(17)7-5-3-2-4-6-11(16)14(10-15)9-8-13(18)20-14/h15H,2-10H2,1H3. The van der Waals surface area contributed by atoms with Gasteiger partial charge in [-0.3, -0.25) is 14.4 Å². The van der Waals surface area contributed by atoms with Crippen LogP contribution >= 0.6 is 0 Å². The first-order valence-corrected chi connectivity index (χ1v) is 6.97. The molecule has 0 aromatic heterocycles. The Labute approximate surface area is 118 Å². The van der Waals surface area contributed by atoms with Gasteiger partial charge in [0.15, 0.2) is 11.4 Å². The second-order valence-corrected chi connectivity index (χ2v) is 5.04. The van der Waals surface area contributed by atoms with Gasteiger partial charge in [0, 0.05) is 25.7 Å². The fourth-order valence-electron chi connectivity index (χ4n) is 2.26. The summed E-state index contributed by atoms with van der Waals surface area (Å²) in [7, 11) is 1.36. The number of unbranched alkanes of at least 4 members (excludes halogenated alkanes) is 3. The molecule has 1 saturated heterocycles. The van der Waals surface area contributed by atoms with Crippen LogP contribution in [0.25, 0.3) is 0 Å². The van der Waals surface area contributed by atoms with E-state index in [1.807, 2.05) is 0 Å². The molecule has 0 radical (unpaired) electrons. The Morgan fingerprint density at radius 3 is 2.40 bits per heavy atom. The molecule has 6 heteroatoms. The highest BCUT2D eigenvalue weighted by molar-refractivity contribution is 5.92. The minimum absolute atomic E-state index is 0.186. The molecule has 0 bridgehead atoms. The molecule has 20 heavy (non-hydrogen) atoms. The third kappa shape index (κ3) is 4.59. The molecule has 0 spiro atoms. The van der Waals surface area contributed by atoms with Crippen LogP contribution in [-0.4, -0.2) is 42.1 Å². The molecular weight excluding hydrogens is 264 g/mol. The number of hydrogen-bond donors (Lipinski definition) is 1. The number of aliphatic hydroxyl groups excluding tert-OH is 1. The molecule has 0 amide bonds. The fraction of sp³-hybridized carbons (Fsp3) is 0.786. The lowest BCUT2D eigenvalue weighted by Gasteiger charge is -2.23. The van der Waals surface area contributed by atoms with E-state index in [-0.39, 0.29) is 31.0 Å². The highest BCUT2D eigenvalue weighted by Gasteiger charge is 2.45. The predicted molar refractivity (Wildman–Crippen MR) is 69.9 cm³/mol. The molecule has 1 rings (SSSR count). The van der Waals surface area contributed by atoms with E-state index < -0.39 is 18.2 Å². The molecule has 1 heterocycles. The van der Waals surface area contributed by atoms with E-state index >= 15 is 0 Å². The maximum absolute atomic E-state index is 12.0. The van der Waals surface area contributed by atoms with Crippen molar-refractivity contribution in [1.29, 1.82) is 0 Å². The smallest absolute Gasteiger partial charge is 0.307 e. The SMILES string of the molecule is COC(=O)CCCCCCC(=O)C1(CO)CCC(=O)O1. The number of methoxy groups -OCH3 is 1. The first kappa shape index (κ1) is 16.6. The Bertz CT molecular complexity index is 365. The van der Waals surface area contributed by atoms with Crippen molar-refractivity contribution in [2.45, 2.75) is 57.0 Å². The number of hydrogen-bond acceptors (Lipinski definition) is 6. The van der Waals surface area contributed by atoms with Crippen molar-refractivity contribution < 1.29 is 29.0 Å². The van der Waals surface area contributed by atoms with Gasteiger partial charge in [-0.1, -0.05) is 12.8 Å². The number of cyclic esters (lactones) is 1. The quantitative estimate of drug-likeness (QED) is 0.505. The third-order valence-electron chi connectivity index (χ3n) is 3.57. The van der Waals surface area contributed by atoms with Gasteiger partial charge in [0.05, 0.1) is 13.7 Å². The van der Waals surface area contributed by atoms with E-state index in [4.69, 9.17) is 4.74 Å². The lowest BCUT2D eigenvalue weighted by atomic mass is 9.92. The lowest BCUT2D eigenvalue weighted by Crippen LogP contribution is -2.42. The van der Waals surface area contributed by atoms with Crippen LogP contribution in [0.15, 0.2) is 0 Å². The van der Waals surface area contributed by atoms with Gasteiger partial charge < -0.3 is 14.6 Å². The maximum atomic E-state index is 12.0. The fourth-order valence-corrected chi connectivity index (χ4v) is 2.26. The van der Waals surface area contributed by atoms with Crippen molar-refractivity contribution in [2.24, 2.45) is 0 Å². The molecule has 1 atom stereocenters. The molecule has 0 aliphatic carbocycles. The first-order valence-electron chi connectivity index (χ1n) is 6.97. The van der Waals surface area contributed by atoms with Crippen LogP contribution in [0.3, 0.4) is 0 Å². The van der Waals surface area contributed by atoms with E-state index in [0.717, 1.165) is 19.3 Å². The van der Waals surface area contributed by atoms with Crippen LogP contribution in [0.5, 0.6) is 0 Å². The van der Waals surface area contributed by atoms with Crippen LogP contribution in [0.2, 0.25) is 0 Å². The Morgan fingerprint density at radius 2 is 1.90 bits per heavy atom. The van der Waals surface area contributed by atoms with Crippen molar-refractivity contribution in [3.8, 4) is 0 Å². The molecular formula is C14H22O6. The van der Waals surface area contributed by atoms with Crippen LogP contribution in [0.4, 0.5) is 0 Å². The monoisotopic (exact) mass is 286 g/mol. The van der Waals surface area contributed by atoms with E-state index in [1.165, 1.54) is 7.11 Å². The molecule has 1 N–H and O–H groups in total. The summed E-state index contributed by atoms with van der Waals surface area (Å²) in [5.74, 6) is -0.859. The Hall–Kier alpha value is -1.43. The number of carbonyl (C=O) groups is 3. The van der Waals surface area contributed by atoms with E-state index in [9.17, 15) is 19.5 Å². The molecule has 6 nitrogen and oxygen atoms in total. The average Bonchev–Trinajstić information content (AvgIpc) is 2.84. The van der Waals surface area contributed by atoms with Gasteiger partial charge in [0.25, 0.3) is 0 Å². The first-order chi connectivity index (χ1) is 9.54. The summed E-state index contributed by atoms with van der Waals surface area (Å²) in [6.07, 6.45) is 4.19. The predicted octanol–water partition coefficient (Wildman–Crippen LogP) is 1.14. The minimum atomic E-state index is -1.30. The zero-order valence-electron chi connectivity index (χ0n) is 11.9. The van der Waals surface area contributed by atoms with Gasteiger partial charge in [-0.05, 0) is 12.8 Å². The Balaban J connectivity index is 2.19. The number of rotatable bonds is 9. The van der Waals surface area contributed by atoms with Gasteiger partial charge in [0.1, 0.15) is 0 Å². The van der Waals surface area contributed by atoms with Crippen LogP contribution in [0.1, 0.15) is 51.4 Å². The third-order valence-corrected chi connectivity index (χ3v) is 3.57. The van der Waals surface area contributed by atoms with E-state index in [2.05, 4.69) is 4.74 Å². The lowest BCUT2D eigenvalue weighted by molar-refractivity contribution is -0.161. The number of Topliss-reactive ketones (excluding diaryl/α,β-unsaturated/α-hetero) is 1. The van der Waals surface area contributed by atoms with Gasteiger partial charge in [-0.15, -0.1) is 0 Å². The van der Waals surface area contributed by atoms with Gasteiger partial charge >= 0.3 is 11.9 Å². The maximum Gasteiger partial charge on any atom is 0.307 e. The second-order valence-electron chi connectivity index (χ2n) is 5.04. The molecule has 1 aliphatic rings. The number of ether oxygens (including phenoxy) is 2. The summed E-state index contributed by atoms with van der Waals surface area (Å²) in [4.78, 5) is 34.0. The summed E-state index contributed by atoms with van der Waals surface area (Å²) in [5, 5.41) is 9.28. The molecule has 1 unspecified atom stereocenters. The van der Waals surface area contributed by atoms with E-state index in [1.54, 1.807) is 0 Å². The van der Waals surface area contributed by atoms with Crippen molar-refractivity contribution in [3.05, 3.63) is 0 Å². The average molecular weight is 286 g/mol. The number of ketones is 1. The molecule has 1 aliphatic heterocycles. The zero-order valence-corrected chi connectivity index (χ0v) is 11.9. The summed E-state index contributed by atoms with van der Waals surface area (Å²) in [6.45, 7) is -0.445. The van der Waals surface area contributed by atoms with Crippen molar-refractivity contribution in [2.75, 3.05) is 13.7 Å². The summed E-state index contributed by atoms with van der Waals surface area (Å²) >= 11 is 0. The molecule has 0 saturated carbocycles. The van der Waals surface area contributed by atoms with Crippen LogP contribution in [0, 0.1) is 0 Å². The summed E-state index contributed by atoms with van der Waals surface area (Å²) in [6, 6.07) is 0. The van der Waals surface area contributed by atoms with Gasteiger partial charge in [-0.2, -0.15) is 0 Å². The summed E-state index contributed by atoms with van der Waals surface area (Å²) < 4.78 is 9.52.